The van der Waals surface area contributed by atoms with Crippen LogP contribution in [0.25, 0.3) is 0 Å². The Kier molecular flexibility index (Phi) is 3.62. The van der Waals surface area contributed by atoms with Crippen molar-refractivity contribution < 1.29 is 4.79 Å². The molecule has 0 saturated heterocycles. The molecule has 1 aromatic heterocycles. The van der Waals surface area contributed by atoms with Crippen LogP contribution in [0.2, 0.25) is 0 Å². The third kappa shape index (κ3) is 2.56. The van der Waals surface area contributed by atoms with E-state index in [0.717, 1.165) is 6.42 Å². The first-order chi connectivity index (χ1) is 6.77. The van der Waals surface area contributed by atoms with Gasteiger partial charge in [0.2, 0.25) is 0 Å². The van der Waals surface area contributed by atoms with Crippen molar-refractivity contribution in [2.45, 2.75) is 13.3 Å². The molecule has 14 heavy (non-hydrogen) atoms. The lowest BCUT2D eigenvalue weighted by Crippen LogP contribution is -2.24. The van der Waals surface area contributed by atoms with Crippen molar-refractivity contribution in [2.75, 3.05) is 6.54 Å². The highest BCUT2D eigenvalue weighted by Gasteiger charge is 2.04. The monoisotopic (exact) mass is 189 g/mol. The van der Waals surface area contributed by atoms with Crippen LogP contribution in [0.3, 0.4) is 0 Å². The number of hydrogen-bond acceptors (Lipinski definition) is 3. The van der Waals surface area contributed by atoms with Crippen LogP contribution in [-0.4, -0.2) is 17.4 Å². The molecule has 0 aliphatic heterocycles. The molecule has 0 aliphatic rings. The maximum absolute atomic E-state index is 11.3. The Morgan fingerprint density at radius 3 is 2.93 bits per heavy atom. The molecule has 0 atom stereocenters. The van der Waals surface area contributed by atoms with Crippen LogP contribution in [0.15, 0.2) is 18.3 Å². The van der Waals surface area contributed by atoms with Gasteiger partial charge in [0.1, 0.15) is 11.8 Å². The lowest BCUT2D eigenvalue weighted by atomic mass is 10.2. The van der Waals surface area contributed by atoms with Gasteiger partial charge in [-0.25, -0.2) is 4.98 Å². The van der Waals surface area contributed by atoms with Gasteiger partial charge in [0.05, 0.1) is 5.56 Å². The van der Waals surface area contributed by atoms with Crippen LogP contribution in [0.4, 0.5) is 0 Å². The van der Waals surface area contributed by atoms with Gasteiger partial charge in [0, 0.05) is 12.7 Å². The molecule has 0 bridgehead atoms. The van der Waals surface area contributed by atoms with Crippen molar-refractivity contribution >= 4 is 5.91 Å². The summed E-state index contributed by atoms with van der Waals surface area (Å²) in [6.45, 7) is 2.62. The number of nitrogens with zero attached hydrogens (tertiary/aromatic N) is 2. The molecular formula is C10H11N3O. The molecule has 0 fully saturated rings. The van der Waals surface area contributed by atoms with Gasteiger partial charge in [-0.3, -0.25) is 4.79 Å². The second kappa shape index (κ2) is 4.97. The summed E-state index contributed by atoms with van der Waals surface area (Å²) in [6.07, 6.45) is 2.28. The fraction of sp³-hybridized carbons (Fsp3) is 0.300. The zero-order valence-electron chi connectivity index (χ0n) is 7.95. The molecule has 1 rings (SSSR count). The Morgan fingerprint density at radius 1 is 1.64 bits per heavy atom. The van der Waals surface area contributed by atoms with E-state index in [0.29, 0.717) is 17.8 Å². The minimum absolute atomic E-state index is 0.198. The Morgan fingerprint density at radius 2 is 2.43 bits per heavy atom. The van der Waals surface area contributed by atoms with E-state index in [9.17, 15) is 4.79 Å². The van der Waals surface area contributed by atoms with Gasteiger partial charge in [0.15, 0.2) is 0 Å². The van der Waals surface area contributed by atoms with Crippen molar-refractivity contribution in [3.63, 3.8) is 0 Å². The summed E-state index contributed by atoms with van der Waals surface area (Å²) in [7, 11) is 0. The number of nitriles is 1. The molecule has 4 heteroatoms. The first-order valence-corrected chi connectivity index (χ1v) is 4.42. The molecule has 72 valence electrons. The first-order valence-electron chi connectivity index (χ1n) is 4.42. The number of nitrogens with one attached hydrogen (secondary N) is 1. The Bertz CT molecular complexity index is 351. The van der Waals surface area contributed by atoms with Crippen LogP contribution in [0.5, 0.6) is 0 Å². The smallest absolute Gasteiger partial charge is 0.269 e. The number of hydrogen-bond donors (Lipinski definition) is 1. The van der Waals surface area contributed by atoms with E-state index in [1.807, 2.05) is 13.0 Å². The molecule has 0 saturated carbocycles. The topological polar surface area (TPSA) is 65.8 Å². The van der Waals surface area contributed by atoms with Gasteiger partial charge >= 0.3 is 0 Å². The number of pyridine rings is 1. The van der Waals surface area contributed by atoms with Gasteiger partial charge in [0.25, 0.3) is 5.91 Å². The quantitative estimate of drug-likeness (QED) is 0.774. The predicted octanol–water partition coefficient (Wildman–Crippen LogP) is 1.09. The van der Waals surface area contributed by atoms with E-state index in [4.69, 9.17) is 5.26 Å². The number of aromatic nitrogens is 1. The lowest BCUT2D eigenvalue weighted by Gasteiger charge is -2.01. The van der Waals surface area contributed by atoms with Crippen molar-refractivity contribution in [2.24, 2.45) is 0 Å². The fourth-order valence-electron chi connectivity index (χ4n) is 0.923. The van der Waals surface area contributed by atoms with Gasteiger partial charge in [-0.2, -0.15) is 5.26 Å². The molecule has 1 aromatic rings. The summed E-state index contributed by atoms with van der Waals surface area (Å²) in [5.74, 6) is -0.198. The minimum Gasteiger partial charge on any atom is -0.351 e. The number of carbonyl (C=O) groups excluding carboxylic acids is 1. The second-order valence-corrected chi connectivity index (χ2v) is 2.80. The molecule has 4 nitrogen and oxygen atoms in total. The molecule has 0 aromatic carbocycles. The molecule has 1 N–H and O–H groups in total. The Hall–Kier alpha value is -1.89. The van der Waals surface area contributed by atoms with Crippen LogP contribution >= 0.6 is 0 Å². The average Bonchev–Trinajstić information content (AvgIpc) is 2.26. The SMILES string of the molecule is CCCNC(=O)c1ccc(C#N)cn1. The highest BCUT2D eigenvalue weighted by Crippen LogP contribution is 1.98. The van der Waals surface area contributed by atoms with E-state index in [1.54, 1.807) is 12.1 Å². The summed E-state index contributed by atoms with van der Waals surface area (Å²) >= 11 is 0. The van der Waals surface area contributed by atoms with Crippen LogP contribution in [0, 0.1) is 11.3 Å². The zero-order chi connectivity index (χ0) is 10.4. The van der Waals surface area contributed by atoms with E-state index < -0.39 is 0 Å². The largest absolute Gasteiger partial charge is 0.351 e. The third-order valence-corrected chi connectivity index (χ3v) is 1.66. The fourth-order valence-corrected chi connectivity index (χ4v) is 0.923. The van der Waals surface area contributed by atoms with Gasteiger partial charge in [-0.1, -0.05) is 6.92 Å². The highest BCUT2D eigenvalue weighted by atomic mass is 16.1. The first kappa shape index (κ1) is 10.2. The Balaban J connectivity index is 2.68. The van der Waals surface area contributed by atoms with Gasteiger partial charge in [-0.15, -0.1) is 0 Å². The van der Waals surface area contributed by atoms with Crippen LogP contribution in [0.1, 0.15) is 29.4 Å². The van der Waals surface area contributed by atoms with Crippen molar-refractivity contribution in [1.82, 2.24) is 10.3 Å². The van der Waals surface area contributed by atoms with Gasteiger partial charge < -0.3 is 5.32 Å². The zero-order valence-corrected chi connectivity index (χ0v) is 7.95. The summed E-state index contributed by atoms with van der Waals surface area (Å²) in [6, 6.07) is 5.06. The normalized spacial score (nSPS) is 9.14. The molecule has 0 spiro atoms. The summed E-state index contributed by atoms with van der Waals surface area (Å²) < 4.78 is 0. The average molecular weight is 189 g/mol. The molecule has 0 aliphatic carbocycles. The predicted molar refractivity (Wildman–Crippen MR) is 51.6 cm³/mol. The molecule has 1 amide bonds. The standard InChI is InChI=1S/C10H11N3O/c1-2-5-12-10(14)9-4-3-8(6-11)7-13-9/h3-4,7H,2,5H2,1H3,(H,12,14). The third-order valence-electron chi connectivity index (χ3n) is 1.66. The number of amides is 1. The van der Waals surface area contributed by atoms with Gasteiger partial charge in [-0.05, 0) is 18.6 Å². The molecular weight excluding hydrogens is 178 g/mol. The van der Waals surface area contributed by atoms with E-state index >= 15 is 0 Å². The summed E-state index contributed by atoms with van der Waals surface area (Å²) in [5.41, 5.74) is 0.800. The number of rotatable bonds is 3. The second-order valence-electron chi connectivity index (χ2n) is 2.80. The maximum Gasteiger partial charge on any atom is 0.269 e. The van der Waals surface area contributed by atoms with Crippen molar-refractivity contribution in [3.8, 4) is 6.07 Å². The summed E-state index contributed by atoms with van der Waals surface area (Å²) in [5, 5.41) is 11.2. The molecule has 0 radical (unpaired) electrons. The minimum atomic E-state index is -0.198. The highest BCUT2D eigenvalue weighted by molar-refractivity contribution is 5.92. The lowest BCUT2D eigenvalue weighted by molar-refractivity contribution is 0.0948. The van der Waals surface area contributed by atoms with Crippen molar-refractivity contribution in [1.29, 1.82) is 5.26 Å². The van der Waals surface area contributed by atoms with E-state index in [-0.39, 0.29) is 5.91 Å². The number of carbonyl (C=O) groups is 1. The Labute approximate surface area is 82.6 Å². The van der Waals surface area contributed by atoms with Crippen LogP contribution in [-0.2, 0) is 0 Å². The molecule has 1 heterocycles. The maximum atomic E-state index is 11.3. The van der Waals surface area contributed by atoms with Crippen LogP contribution < -0.4 is 5.32 Å². The van der Waals surface area contributed by atoms with E-state index in [2.05, 4.69) is 10.3 Å². The van der Waals surface area contributed by atoms with Crippen molar-refractivity contribution in [3.05, 3.63) is 29.6 Å². The van der Waals surface area contributed by atoms with E-state index in [1.165, 1.54) is 6.20 Å². The molecule has 0 unspecified atom stereocenters. The summed E-state index contributed by atoms with van der Waals surface area (Å²) in [4.78, 5) is 15.2.